The van der Waals surface area contributed by atoms with Crippen molar-refractivity contribution in [2.75, 3.05) is 12.4 Å². The number of ether oxygens (including phenoxy) is 1. The van der Waals surface area contributed by atoms with E-state index in [-0.39, 0.29) is 5.91 Å². The topological polar surface area (TPSA) is 95.9 Å². The summed E-state index contributed by atoms with van der Waals surface area (Å²) in [4.78, 5) is 25.8. The number of anilines is 1. The molecule has 2 aliphatic rings. The van der Waals surface area contributed by atoms with Gasteiger partial charge < -0.3 is 20.3 Å². The van der Waals surface area contributed by atoms with E-state index < -0.39 is 24.1 Å². The molecule has 0 saturated heterocycles. The van der Waals surface area contributed by atoms with Crippen molar-refractivity contribution in [2.24, 2.45) is 11.8 Å². The van der Waals surface area contributed by atoms with E-state index in [1.165, 1.54) is 24.0 Å². The number of thiophene rings is 1. The van der Waals surface area contributed by atoms with Gasteiger partial charge in [0.25, 0.3) is 0 Å². The molecule has 1 aromatic carbocycles. The van der Waals surface area contributed by atoms with Gasteiger partial charge in [-0.1, -0.05) is 43.2 Å². The van der Waals surface area contributed by atoms with Crippen molar-refractivity contribution in [1.82, 2.24) is 0 Å². The number of amides is 1. The van der Waals surface area contributed by atoms with Gasteiger partial charge in [-0.3, -0.25) is 9.59 Å². The summed E-state index contributed by atoms with van der Waals surface area (Å²) < 4.78 is 5.22. The van der Waals surface area contributed by atoms with Gasteiger partial charge in [0, 0.05) is 17.6 Å². The third-order valence-corrected chi connectivity index (χ3v) is 7.89. The van der Waals surface area contributed by atoms with Crippen LogP contribution in [0.5, 0.6) is 0 Å². The van der Waals surface area contributed by atoms with Gasteiger partial charge in [0.2, 0.25) is 5.91 Å². The van der Waals surface area contributed by atoms with Gasteiger partial charge >= 0.3 is 5.97 Å². The summed E-state index contributed by atoms with van der Waals surface area (Å²) in [6, 6.07) is 10.4. The molecule has 4 unspecified atom stereocenters. The van der Waals surface area contributed by atoms with E-state index in [2.05, 4.69) is 17.4 Å². The number of carboxylic acids is 1. The first-order valence-electron chi connectivity index (χ1n) is 10.9. The number of aliphatic hydroxyl groups is 1. The van der Waals surface area contributed by atoms with E-state index in [0.29, 0.717) is 29.3 Å². The van der Waals surface area contributed by atoms with E-state index >= 15 is 0 Å². The van der Waals surface area contributed by atoms with Gasteiger partial charge in [0.15, 0.2) is 6.29 Å². The van der Waals surface area contributed by atoms with Crippen LogP contribution in [-0.2, 0) is 27.2 Å². The maximum Gasteiger partial charge on any atom is 0.307 e. The second-order valence-corrected chi connectivity index (χ2v) is 9.62. The highest BCUT2D eigenvalue weighted by molar-refractivity contribution is 7.16. The van der Waals surface area contributed by atoms with Crippen molar-refractivity contribution in [3.05, 3.63) is 51.9 Å². The Balaban J connectivity index is 1.60. The molecule has 31 heavy (non-hydrogen) atoms. The minimum absolute atomic E-state index is 0.269. The summed E-state index contributed by atoms with van der Waals surface area (Å²) in [5, 5.41) is 23.6. The van der Waals surface area contributed by atoms with Crippen molar-refractivity contribution in [2.45, 2.75) is 57.2 Å². The smallest absolute Gasteiger partial charge is 0.307 e. The van der Waals surface area contributed by atoms with Gasteiger partial charge in [-0.05, 0) is 49.1 Å². The lowest BCUT2D eigenvalue weighted by Crippen LogP contribution is -2.36. The lowest BCUT2D eigenvalue weighted by Gasteiger charge is -2.27. The van der Waals surface area contributed by atoms with Crippen molar-refractivity contribution >= 4 is 28.2 Å². The number of nitrogens with one attached hydrogen (secondary N) is 1. The van der Waals surface area contributed by atoms with Crippen molar-refractivity contribution in [1.29, 1.82) is 0 Å². The Labute approximate surface area is 186 Å². The molecule has 4 rings (SSSR count). The second-order valence-electron chi connectivity index (χ2n) is 8.51. The Kier molecular flexibility index (Phi) is 6.74. The van der Waals surface area contributed by atoms with Crippen LogP contribution in [0.3, 0.4) is 0 Å². The van der Waals surface area contributed by atoms with E-state index in [1.54, 1.807) is 0 Å². The van der Waals surface area contributed by atoms with E-state index in [0.717, 1.165) is 42.5 Å². The van der Waals surface area contributed by atoms with Gasteiger partial charge in [-0.2, -0.15) is 0 Å². The van der Waals surface area contributed by atoms with Crippen LogP contribution in [0.15, 0.2) is 30.3 Å². The molecule has 0 bridgehead atoms. The lowest BCUT2D eigenvalue weighted by atomic mass is 9.78. The molecule has 1 heterocycles. The molecular weight excluding hydrogens is 414 g/mol. The zero-order valence-corrected chi connectivity index (χ0v) is 18.5. The van der Waals surface area contributed by atoms with Crippen molar-refractivity contribution in [3.8, 4) is 0 Å². The number of benzene rings is 1. The molecule has 4 atom stereocenters. The molecule has 2 aliphatic carbocycles. The molecule has 1 saturated carbocycles. The van der Waals surface area contributed by atoms with Crippen LogP contribution < -0.4 is 5.32 Å². The third kappa shape index (κ3) is 4.54. The number of rotatable bonds is 6. The number of carbonyl (C=O) groups is 2. The number of methoxy groups -OCH3 is 1. The van der Waals surface area contributed by atoms with Crippen LogP contribution in [0.1, 0.15) is 65.9 Å². The van der Waals surface area contributed by atoms with E-state index in [4.69, 9.17) is 4.74 Å². The fourth-order valence-corrected chi connectivity index (χ4v) is 6.39. The summed E-state index contributed by atoms with van der Waals surface area (Å²) in [5.41, 5.74) is 2.98. The molecule has 1 amide bonds. The molecule has 7 heteroatoms. The number of hydrogen-bond donors (Lipinski definition) is 3. The lowest BCUT2D eigenvalue weighted by molar-refractivity contribution is -0.147. The van der Waals surface area contributed by atoms with Crippen LogP contribution in [0.4, 0.5) is 5.00 Å². The average Bonchev–Trinajstić information content (AvgIpc) is 3.16. The second kappa shape index (κ2) is 9.51. The first-order chi connectivity index (χ1) is 15.0. The normalized spacial score (nSPS) is 24.3. The highest BCUT2D eigenvalue weighted by Crippen LogP contribution is 2.45. The fourth-order valence-electron chi connectivity index (χ4n) is 5.04. The SMILES string of the molecule is COC(O)c1c(NC(=O)C2CCCCC2C(=O)O)sc2c1CCC(c1ccccc1)C2. The maximum atomic E-state index is 13.1. The standard InChI is InChI=1S/C24H29NO5S/c1-30-24(29)20-18-12-11-15(14-7-3-2-4-8-14)13-19(18)31-22(20)25-21(26)16-9-5-6-10-17(16)23(27)28/h2-4,7-8,15-17,24,29H,5-6,9-13H2,1H3,(H,25,26)(H,27,28). The van der Waals surface area contributed by atoms with Crippen LogP contribution in [0.2, 0.25) is 0 Å². The molecule has 0 radical (unpaired) electrons. The summed E-state index contributed by atoms with van der Waals surface area (Å²) in [7, 11) is 1.44. The van der Waals surface area contributed by atoms with Crippen LogP contribution in [-0.4, -0.2) is 29.2 Å². The molecule has 1 aromatic heterocycles. The number of aliphatic carboxylic acids is 1. The molecule has 1 fully saturated rings. The van der Waals surface area contributed by atoms with Crippen molar-refractivity contribution < 1.29 is 24.5 Å². The summed E-state index contributed by atoms with van der Waals surface area (Å²) in [5.74, 6) is -1.97. The van der Waals surface area contributed by atoms with Gasteiger partial charge in [-0.15, -0.1) is 11.3 Å². The predicted molar refractivity (Wildman–Crippen MR) is 119 cm³/mol. The Bertz CT molecular complexity index is 941. The zero-order valence-electron chi connectivity index (χ0n) is 17.7. The van der Waals surface area contributed by atoms with Crippen LogP contribution in [0.25, 0.3) is 0 Å². The molecule has 0 aliphatic heterocycles. The Morgan fingerprint density at radius 2 is 1.84 bits per heavy atom. The minimum atomic E-state index is -1.12. The van der Waals surface area contributed by atoms with Crippen LogP contribution >= 0.6 is 11.3 Å². The number of carboxylic acid groups (broad SMARTS) is 1. The number of hydrogen-bond acceptors (Lipinski definition) is 5. The summed E-state index contributed by atoms with van der Waals surface area (Å²) in [6.45, 7) is 0. The number of carbonyl (C=O) groups excluding carboxylic acids is 1. The minimum Gasteiger partial charge on any atom is -0.481 e. The van der Waals surface area contributed by atoms with E-state index in [1.807, 2.05) is 18.2 Å². The van der Waals surface area contributed by atoms with Crippen molar-refractivity contribution in [3.63, 3.8) is 0 Å². The fraction of sp³-hybridized carbons (Fsp3) is 0.500. The Morgan fingerprint density at radius 3 is 2.52 bits per heavy atom. The third-order valence-electron chi connectivity index (χ3n) is 6.70. The van der Waals surface area contributed by atoms with Gasteiger partial charge in [0.1, 0.15) is 5.00 Å². The molecule has 3 N–H and O–H groups in total. The molecule has 6 nitrogen and oxygen atoms in total. The average molecular weight is 444 g/mol. The summed E-state index contributed by atoms with van der Waals surface area (Å²) in [6.07, 6.45) is 4.30. The number of fused-ring (bicyclic) bond motifs is 1. The molecule has 0 spiro atoms. The van der Waals surface area contributed by atoms with Gasteiger partial charge in [-0.25, -0.2) is 0 Å². The Hall–Kier alpha value is -2.22. The monoisotopic (exact) mass is 443 g/mol. The zero-order chi connectivity index (χ0) is 22.0. The van der Waals surface area contributed by atoms with Gasteiger partial charge in [0.05, 0.1) is 11.8 Å². The highest BCUT2D eigenvalue weighted by atomic mass is 32.1. The number of aliphatic hydroxyl groups excluding tert-OH is 1. The predicted octanol–water partition coefficient (Wildman–Crippen LogP) is 4.49. The largest absolute Gasteiger partial charge is 0.481 e. The molecular formula is C24H29NO5S. The first-order valence-corrected chi connectivity index (χ1v) is 11.7. The quantitative estimate of drug-likeness (QED) is 0.572. The molecule has 2 aromatic rings. The van der Waals surface area contributed by atoms with E-state index in [9.17, 15) is 19.8 Å². The summed E-state index contributed by atoms with van der Waals surface area (Å²) >= 11 is 1.49. The highest BCUT2D eigenvalue weighted by Gasteiger charge is 2.37. The first kappa shape index (κ1) is 22.0. The Morgan fingerprint density at radius 1 is 1.13 bits per heavy atom. The maximum absolute atomic E-state index is 13.1. The molecule has 166 valence electrons. The van der Waals surface area contributed by atoms with Crippen LogP contribution in [0, 0.1) is 11.8 Å².